The number of nitrogens with zero attached hydrogens (tertiary/aromatic N) is 1. The second kappa shape index (κ2) is 7.78. The van der Waals surface area contributed by atoms with E-state index in [1.807, 2.05) is 12.1 Å². The summed E-state index contributed by atoms with van der Waals surface area (Å²) >= 11 is 0. The van der Waals surface area contributed by atoms with Crippen molar-refractivity contribution in [3.63, 3.8) is 0 Å². The minimum absolute atomic E-state index is 0.312. The smallest absolute Gasteiger partial charge is 0.136 e. The molecule has 19 heavy (non-hydrogen) atoms. The van der Waals surface area contributed by atoms with E-state index < -0.39 is 0 Å². The highest BCUT2D eigenvalue weighted by Gasteiger charge is 2.12. The molecule has 1 aromatic rings. The fraction of sp³-hybridized carbons (Fsp3) is 0.533. The fourth-order valence-electron chi connectivity index (χ4n) is 1.85. The van der Waals surface area contributed by atoms with Gasteiger partial charge in [-0.3, -0.25) is 0 Å². The first kappa shape index (κ1) is 15.5. The number of hydrogen-bond acceptors (Lipinski definition) is 4. The first-order valence-corrected chi connectivity index (χ1v) is 6.41. The van der Waals surface area contributed by atoms with Gasteiger partial charge in [0.05, 0.1) is 19.3 Å². The third-order valence-corrected chi connectivity index (χ3v) is 3.11. The van der Waals surface area contributed by atoms with Gasteiger partial charge in [0, 0.05) is 19.7 Å². The van der Waals surface area contributed by atoms with Gasteiger partial charge in [-0.05, 0) is 23.6 Å². The highest BCUT2D eigenvalue weighted by Crippen LogP contribution is 2.19. The Morgan fingerprint density at radius 3 is 2.58 bits per heavy atom. The van der Waals surface area contributed by atoms with Crippen LogP contribution in [0.3, 0.4) is 0 Å². The van der Waals surface area contributed by atoms with Crippen molar-refractivity contribution in [1.82, 2.24) is 5.32 Å². The zero-order valence-electron chi connectivity index (χ0n) is 12.1. The summed E-state index contributed by atoms with van der Waals surface area (Å²) in [6.45, 7) is 5.74. The van der Waals surface area contributed by atoms with Gasteiger partial charge in [-0.25, -0.2) is 0 Å². The maximum absolute atomic E-state index is 8.94. The molecule has 0 radical (unpaired) electrons. The molecule has 0 saturated heterocycles. The third-order valence-electron chi connectivity index (χ3n) is 3.11. The van der Waals surface area contributed by atoms with Gasteiger partial charge in [0.25, 0.3) is 0 Å². The Kier molecular flexibility index (Phi) is 6.34. The summed E-state index contributed by atoms with van der Waals surface area (Å²) in [6.07, 6.45) is 0. The highest BCUT2D eigenvalue weighted by atomic mass is 16.5. The van der Waals surface area contributed by atoms with Gasteiger partial charge in [0.1, 0.15) is 11.8 Å². The lowest BCUT2D eigenvalue weighted by Gasteiger charge is -2.21. The topological polar surface area (TPSA) is 54.3 Å². The van der Waals surface area contributed by atoms with Crippen molar-refractivity contribution in [1.29, 1.82) is 5.26 Å². The molecule has 0 bridgehead atoms. The number of rotatable bonds is 7. The lowest BCUT2D eigenvalue weighted by atomic mass is 10.0. The van der Waals surface area contributed by atoms with Crippen molar-refractivity contribution >= 4 is 0 Å². The average molecular weight is 262 g/mol. The van der Waals surface area contributed by atoms with E-state index in [2.05, 4.69) is 25.2 Å². The molecule has 0 aliphatic rings. The largest absolute Gasteiger partial charge is 0.495 e. The molecule has 4 heteroatoms. The summed E-state index contributed by atoms with van der Waals surface area (Å²) in [4.78, 5) is 0. The number of ether oxygens (including phenoxy) is 2. The molecule has 104 valence electrons. The minimum Gasteiger partial charge on any atom is -0.495 e. The van der Waals surface area contributed by atoms with Crippen LogP contribution in [0.4, 0.5) is 0 Å². The normalized spacial score (nSPS) is 12.2. The van der Waals surface area contributed by atoms with E-state index in [1.165, 1.54) is 0 Å². The van der Waals surface area contributed by atoms with E-state index in [0.29, 0.717) is 29.9 Å². The Hall–Kier alpha value is -1.57. The summed E-state index contributed by atoms with van der Waals surface area (Å²) in [6, 6.07) is 8.05. The summed E-state index contributed by atoms with van der Waals surface area (Å²) in [7, 11) is 3.29. The van der Waals surface area contributed by atoms with Crippen LogP contribution in [-0.2, 0) is 11.3 Å². The molecular weight excluding hydrogens is 240 g/mol. The fourth-order valence-corrected chi connectivity index (χ4v) is 1.85. The van der Waals surface area contributed by atoms with Gasteiger partial charge in [-0.15, -0.1) is 0 Å². The van der Waals surface area contributed by atoms with Crippen molar-refractivity contribution < 1.29 is 9.47 Å². The molecule has 0 heterocycles. The van der Waals surface area contributed by atoms with Crippen LogP contribution < -0.4 is 10.1 Å². The van der Waals surface area contributed by atoms with E-state index in [4.69, 9.17) is 14.7 Å². The predicted octanol–water partition coefficient (Wildman–Crippen LogP) is 2.33. The van der Waals surface area contributed by atoms with Gasteiger partial charge in [-0.1, -0.05) is 19.9 Å². The zero-order valence-corrected chi connectivity index (χ0v) is 12.1. The minimum atomic E-state index is 0.312. The van der Waals surface area contributed by atoms with Gasteiger partial charge < -0.3 is 14.8 Å². The summed E-state index contributed by atoms with van der Waals surface area (Å²) in [5.41, 5.74) is 1.65. The second-order valence-electron chi connectivity index (χ2n) is 4.83. The van der Waals surface area contributed by atoms with Gasteiger partial charge >= 0.3 is 0 Å². The summed E-state index contributed by atoms with van der Waals surface area (Å²) < 4.78 is 10.4. The first-order chi connectivity index (χ1) is 9.12. The number of benzene rings is 1. The van der Waals surface area contributed by atoms with Crippen LogP contribution in [0.5, 0.6) is 5.75 Å². The number of nitrogens with one attached hydrogen (secondary N) is 1. The third kappa shape index (κ3) is 4.55. The molecule has 0 aromatic heterocycles. The van der Waals surface area contributed by atoms with Crippen LogP contribution in [0, 0.1) is 17.2 Å². The molecule has 1 unspecified atom stereocenters. The van der Waals surface area contributed by atoms with Crippen LogP contribution in [0.2, 0.25) is 0 Å². The maximum atomic E-state index is 8.94. The summed E-state index contributed by atoms with van der Waals surface area (Å²) in [5.74, 6) is 1.12. The second-order valence-corrected chi connectivity index (χ2v) is 4.83. The zero-order chi connectivity index (χ0) is 14.3. The van der Waals surface area contributed by atoms with E-state index >= 15 is 0 Å². The first-order valence-electron chi connectivity index (χ1n) is 6.41. The Labute approximate surface area is 115 Å². The van der Waals surface area contributed by atoms with Crippen LogP contribution >= 0.6 is 0 Å². The Morgan fingerprint density at radius 2 is 2.05 bits per heavy atom. The molecule has 1 rings (SSSR count). The van der Waals surface area contributed by atoms with Gasteiger partial charge in [-0.2, -0.15) is 5.26 Å². The molecule has 0 aliphatic carbocycles. The molecule has 0 spiro atoms. The standard InChI is InChI=1S/C15H22N2O2/c1-11(2)14(10-18-3)17-9-12-5-6-13(8-16)15(7-12)19-4/h5-7,11,14,17H,9-10H2,1-4H3. The van der Waals surface area contributed by atoms with Crippen LogP contribution in [-0.4, -0.2) is 26.9 Å². The molecule has 1 atom stereocenters. The van der Waals surface area contributed by atoms with Crippen molar-refractivity contribution in [3.05, 3.63) is 29.3 Å². The molecular formula is C15H22N2O2. The molecule has 1 N–H and O–H groups in total. The van der Waals surface area contributed by atoms with Crippen LogP contribution in [0.15, 0.2) is 18.2 Å². The van der Waals surface area contributed by atoms with Crippen LogP contribution in [0.1, 0.15) is 25.0 Å². The van der Waals surface area contributed by atoms with Crippen molar-refractivity contribution in [2.24, 2.45) is 5.92 Å². The Bertz CT molecular complexity index is 438. The van der Waals surface area contributed by atoms with E-state index in [9.17, 15) is 0 Å². The molecule has 4 nitrogen and oxygen atoms in total. The van der Waals surface area contributed by atoms with Gasteiger partial charge in [0.15, 0.2) is 0 Å². The predicted molar refractivity (Wildman–Crippen MR) is 75.1 cm³/mol. The molecule has 0 aliphatic heterocycles. The van der Waals surface area contributed by atoms with Crippen LogP contribution in [0.25, 0.3) is 0 Å². The molecule has 1 aromatic carbocycles. The van der Waals surface area contributed by atoms with Gasteiger partial charge in [0.2, 0.25) is 0 Å². The monoisotopic (exact) mass is 262 g/mol. The number of nitriles is 1. The van der Waals surface area contributed by atoms with Crippen molar-refractivity contribution in [3.8, 4) is 11.8 Å². The Morgan fingerprint density at radius 1 is 1.32 bits per heavy atom. The molecule has 0 saturated carbocycles. The average Bonchev–Trinajstić information content (AvgIpc) is 2.42. The van der Waals surface area contributed by atoms with E-state index in [-0.39, 0.29) is 0 Å². The summed E-state index contributed by atoms with van der Waals surface area (Å²) in [5, 5.41) is 12.4. The quantitative estimate of drug-likeness (QED) is 0.819. The molecule has 0 fully saturated rings. The SMILES string of the molecule is COCC(NCc1ccc(C#N)c(OC)c1)C(C)C. The van der Waals surface area contributed by atoms with Crippen molar-refractivity contribution in [2.75, 3.05) is 20.8 Å². The Balaban J connectivity index is 2.69. The van der Waals surface area contributed by atoms with Crippen molar-refractivity contribution in [2.45, 2.75) is 26.4 Å². The van der Waals surface area contributed by atoms with E-state index in [0.717, 1.165) is 12.1 Å². The lowest BCUT2D eigenvalue weighted by molar-refractivity contribution is 0.146. The number of hydrogen-bond donors (Lipinski definition) is 1. The van der Waals surface area contributed by atoms with E-state index in [1.54, 1.807) is 20.3 Å². The molecule has 0 amide bonds. The highest BCUT2D eigenvalue weighted by molar-refractivity contribution is 5.45. The lowest BCUT2D eigenvalue weighted by Crippen LogP contribution is -2.37. The number of methoxy groups -OCH3 is 2. The maximum Gasteiger partial charge on any atom is 0.136 e.